The van der Waals surface area contributed by atoms with Gasteiger partial charge in [-0.05, 0) is 29.8 Å². The zero-order valence-electron chi connectivity index (χ0n) is 14.2. The molecule has 1 aromatic heterocycles. The van der Waals surface area contributed by atoms with Gasteiger partial charge in [0.25, 0.3) is 0 Å². The van der Waals surface area contributed by atoms with Crippen molar-refractivity contribution in [3.05, 3.63) is 64.3 Å². The number of para-hydroxylation sites is 1. The number of rotatable bonds is 6. The van der Waals surface area contributed by atoms with E-state index in [-0.39, 0.29) is 21.4 Å². The number of nitrogens with one attached hydrogen (secondary N) is 2. The number of methoxy groups -OCH3 is 1. The van der Waals surface area contributed by atoms with Crippen molar-refractivity contribution < 1.29 is 17.9 Å². The topological polar surface area (TPSA) is 88.3 Å². The molecule has 0 unspecified atom stereocenters. The maximum absolute atomic E-state index is 12.7. The second-order valence-corrected chi connectivity index (χ2v) is 8.45. The van der Waals surface area contributed by atoms with Crippen LogP contribution in [-0.2, 0) is 26.0 Å². The molecule has 0 fully saturated rings. The summed E-state index contributed by atoms with van der Waals surface area (Å²) >= 11 is 11.8. The zero-order chi connectivity index (χ0) is 19.6. The predicted octanol–water partition coefficient (Wildman–Crippen LogP) is 3.54. The summed E-state index contributed by atoms with van der Waals surface area (Å²) in [5.74, 6) is -0.697. The fourth-order valence-electron chi connectivity index (χ4n) is 2.77. The molecule has 6 nitrogen and oxygen atoms in total. The first kappa shape index (κ1) is 19.7. The summed E-state index contributed by atoms with van der Waals surface area (Å²) in [7, 11) is -2.84. The number of ether oxygens (including phenoxy) is 1. The summed E-state index contributed by atoms with van der Waals surface area (Å²) in [6, 6.07) is 10.4. The quantitative estimate of drug-likeness (QED) is 0.589. The summed E-state index contributed by atoms with van der Waals surface area (Å²) in [6.45, 7) is 0. The van der Waals surface area contributed by atoms with Gasteiger partial charge in [0.15, 0.2) is 0 Å². The van der Waals surface area contributed by atoms with Gasteiger partial charge in [-0.25, -0.2) is 8.42 Å². The molecule has 0 amide bonds. The normalized spacial score (nSPS) is 12.9. The van der Waals surface area contributed by atoms with E-state index in [2.05, 4.69) is 9.71 Å². The Morgan fingerprint density at radius 3 is 2.52 bits per heavy atom. The number of carbonyl (C=O) groups excluding carboxylic acids is 1. The first-order chi connectivity index (χ1) is 12.8. The van der Waals surface area contributed by atoms with Gasteiger partial charge >= 0.3 is 5.97 Å². The van der Waals surface area contributed by atoms with Crippen molar-refractivity contribution in [2.45, 2.75) is 17.4 Å². The number of sulfonamides is 1. The summed E-state index contributed by atoms with van der Waals surface area (Å²) in [6.07, 6.45) is 1.86. The first-order valence-corrected chi connectivity index (χ1v) is 10.2. The van der Waals surface area contributed by atoms with Crippen LogP contribution in [-0.4, -0.2) is 32.5 Å². The second-order valence-electron chi connectivity index (χ2n) is 5.87. The van der Waals surface area contributed by atoms with Crippen LogP contribution in [0.25, 0.3) is 10.9 Å². The number of halogens is 2. The molecule has 1 heterocycles. The molecule has 9 heteroatoms. The number of fused-ring (bicyclic) bond motifs is 1. The monoisotopic (exact) mass is 426 g/mol. The number of esters is 1. The Balaban J connectivity index is 1.92. The van der Waals surface area contributed by atoms with Crippen molar-refractivity contribution in [3.63, 3.8) is 0 Å². The van der Waals surface area contributed by atoms with Crippen LogP contribution in [0.3, 0.4) is 0 Å². The summed E-state index contributed by atoms with van der Waals surface area (Å²) < 4.78 is 32.6. The minimum absolute atomic E-state index is 0.115. The molecular weight excluding hydrogens is 411 g/mol. The van der Waals surface area contributed by atoms with E-state index in [0.717, 1.165) is 16.5 Å². The zero-order valence-corrected chi connectivity index (χ0v) is 16.5. The Morgan fingerprint density at radius 1 is 1.19 bits per heavy atom. The average Bonchev–Trinajstić information content (AvgIpc) is 3.02. The lowest BCUT2D eigenvalue weighted by atomic mass is 10.1. The maximum atomic E-state index is 12.7. The van der Waals surface area contributed by atoms with E-state index in [1.54, 1.807) is 6.20 Å². The molecule has 0 aliphatic heterocycles. The smallest absolute Gasteiger partial charge is 0.324 e. The summed E-state index contributed by atoms with van der Waals surface area (Å²) in [5, 5.41) is 1.25. The molecule has 1 atom stereocenters. The molecule has 0 spiro atoms. The van der Waals surface area contributed by atoms with Gasteiger partial charge < -0.3 is 9.72 Å². The predicted molar refractivity (Wildman–Crippen MR) is 105 cm³/mol. The van der Waals surface area contributed by atoms with Crippen molar-refractivity contribution in [3.8, 4) is 0 Å². The number of carbonyl (C=O) groups is 1. The molecule has 2 N–H and O–H groups in total. The Kier molecular flexibility index (Phi) is 5.76. The van der Waals surface area contributed by atoms with E-state index in [0.29, 0.717) is 0 Å². The van der Waals surface area contributed by atoms with Crippen LogP contribution in [0.4, 0.5) is 0 Å². The molecule has 27 heavy (non-hydrogen) atoms. The Bertz CT molecular complexity index is 1080. The number of hydrogen-bond acceptors (Lipinski definition) is 4. The fourth-order valence-corrected chi connectivity index (χ4v) is 4.68. The Labute approximate surface area is 166 Å². The molecule has 3 aromatic rings. The molecule has 0 radical (unpaired) electrons. The van der Waals surface area contributed by atoms with E-state index in [4.69, 9.17) is 27.9 Å². The number of aromatic amines is 1. The Hall–Kier alpha value is -2.06. The molecular formula is C18H16Cl2N2O4S. The van der Waals surface area contributed by atoms with E-state index in [9.17, 15) is 13.2 Å². The van der Waals surface area contributed by atoms with Crippen LogP contribution in [0, 0.1) is 0 Å². The van der Waals surface area contributed by atoms with Crippen LogP contribution in [0.5, 0.6) is 0 Å². The van der Waals surface area contributed by atoms with Crippen LogP contribution in [0.15, 0.2) is 53.6 Å². The number of hydrogen-bond donors (Lipinski definition) is 2. The minimum atomic E-state index is -4.05. The fraction of sp³-hybridized carbons (Fsp3) is 0.167. The first-order valence-electron chi connectivity index (χ1n) is 7.91. The average molecular weight is 427 g/mol. The van der Waals surface area contributed by atoms with Gasteiger partial charge in [0.05, 0.1) is 12.0 Å². The highest BCUT2D eigenvalue weighted by molar-refractivity contribution is 7.89. The molecule has 0 aliphatic carbocycles. The SMILES string of the molecule is COC(=O)[C@H](Cc1c[nH]c2ccccc12)NS(=O)(=O)c1cc(Cl)cc(Cl)c1. The van der Waals surface area contributed by atoms with Gasteiger partial charge in [0, 0.05) is 33.6 Å². The van der Waals surface area contributed by atoms with Crippen molar-refractivity contribution in [2.24, 2.45) is 0 Å². The van der Waals surface area contributed by atoms with Gasteiger partial charge in [-0.1, -0.05) is 41.4 Å². The molecule has 0 saturated heterocycles. The Morgan fingerprint density at radius 2 is 1.85 bits per heavy atom. The van der Waals surface area contributed by atoms with Gasteiger partial charge in [-0.2, -0.15) is 4.72 Å². The van der Waals surface area contributed by atoms with Gasteiger partial charge in [-0.15, -0.1) is 0 Å². The highest BCUT2D eigenvalue weighted by Crippen LogP contribution is 2.24. The summed E-state index contributed by atoms with van der Waals surface area (Å²) in [4.78, 5) is 15.2. The largest absolute Gasteiger partial charge is 0.468 e. The van der Waals surface area contributed by atoms with E-state index < -0.39 is 22.0 Å². The molecule has 0 bridgehead atoms. The maximum Gasteiger partial charge on any atom is 0.324 e. The van der Waals surface area contributed by atoms with Gasteiger partial charge in [-0.3, -0.25) is 4.79 Å². The van der Waals surface area contributed by atoms with Crippen molar-refractivity contribution in [1.82, 2.24) is 9.71 Å². The lowest BCUT2D eigenvalue weighted by molar-refractivity contribution is -0.142. The lowest BCUT2D eigenvalue weighted by Crippen LogP contribution is -2.42. The van der Waals surface area contributed by atoms with E-state index >= 15 is 0 Å². The van der Waals surface area contributed by atoms with Crippen molar-refractivity contribution >= 4 is 50.1 Å². The molecule has 142 valence electrons. The van der Waals surface area contributed by atoms with Crippen LogP contribution >= 0.6 is 23.2 Å². The van der Waals surface area contributed by atoms with Crippen LogP contribution in [0.1, 0.15) is 5.56 Å². The van der Waals surface area contributed by atoms with E-state index in [1.807, 2.05) is 24.3 Å². The summed E-state index contributed by atoms with van der Waals surface area (Å²) in [5.41, 5.74) is 1.67. The third-order valence-electron chi connectivity index (χ3n) is 4.03. The number of H-pyrrole nitrogens is 1. The standard InChI is InChI=1S/C18H16Cl2N2O4S/c1-26-18(23)17(6-11-10-21-16-5-3-2-4-15(11)16)22-27(24,25)14-8-12(19)7-13(20)9-14/h2-5,7-10,17,21-22H,6H2,1H3/t17-/m0/s1. The molecule has 0 aliphatic rings. The lowest BCUT2D eigenvalue weighted by Gasteiger charge is -2.17. The minimum Gasteiger partial charge on any atom is -0.468 e. The number of aromatic nitrogens is 1. The van der Waals surface area contributed by atoms with Gasteiger partial charge in [0.2, 0.25) is 10.0 Å². The number of benzene rings is 2. The molecule has 0 saturated carbocycles. The molecule has 2 aromatic carbocycles. The highest BCUT2D eigenvalue weighted by Gasteiger charge is 2.28. The molecule has 3 rings (SSSR count). The second kappa shape index (κ2) is 7.90. The van der Waals surface area contributed by atoms with Crippen LogP contribution < -0.4 is 4.72 Å². The van der Waals surface area contributed by atoms with Crippen molar-refractivity contribution in [1.29, 1.82) is 0 Å². The van der Waals surface area contributed by atoms with Crippen LogP contribution in [0.2, 0.25) is 10.0 Å². The van der Waals surface area contributed by atoms with E-state index in [1.165, 1.54) is 25.3 Å². The highest BCUT2D eigenvalue weighted by atomic mass is 35.5. The van der Waals surface area contributed by atoms with Crippen molar-refractivity contribution in [2.75, 3.05) is 7.11 Å². The third-order valence-corrected chi connectivity index (χ3v) is 5.92. The van der Waals surface area contributed by atoms with Gasteiger partial charge in [0.1, 0.15) is 6.04 Å². The third kappa shape index (κ3) is 4.44.